The van der Waals surface area contributed by atoms with E-state index in [-0.39, 0.29) is 29.1 Å². The molecule has 1 aliphatic rings. The van der Waals surface area contributed by atoms with E-state index < -0.39 is 6.04 Å². The Labute approximate surface area is 203 Å². The van der Waals surface area contributed by atoms with E-state index in [1.54, 1.807) is 0 Å². The van der Waals surface area contributed by atoms with Gasteiger partial charge in [-0.1, -0.05) is 77.3 Å². The molecule has 0 spiro atoms. The summed E-state index contributed by atoms with van der Waals surface area (Å²) >= 11 is 0. The van der Waals surface area contributed by atoms with Gasteiger partial charge >= 0.3 is 0 Å². The van der Waals surface area contributed by atoms with Crippen molar-refractivity contribution >= 4 is 17.6 Å². The summed E-state index contributed by atoms with van der Waals surface area (Å²) in [5.41, 5.74) is 3.65. The third kappa shape index (κ3) is 5.96. The smallest absolute Gasteiger partial charge is 0.268 e. The molecular weight excluding hydrogens is 426 g/mol. The summed E-state index contributed by atoms with van der Waals surface area (Å²) in [4.78, 5) is 42.8. The fourth-order valence-electron chi connectivity index (χ4n) is 4.87. The molecule has 184 valence electrons. The van der Waals surface area contributed by atoms with Crippen LogP contribution in [0.25, 0.3) is 0 Å². The number of nitrogens with one attached hydrogen (secondary N) is 3. The highest BCUT2D eigenvalue weighted by Gasteiger charge is 2.36. The van der Waals surface area contributed by atoms with Crippen LogP contribution in [0.15, 0.2) is 30.3 Å². The van der Waals surface area contributed by atoms with Crippen LogP contribution in [0.4, 0.5) is 0 Å². The molecule has 3 rings (SSSR count). The zero-order valence-corrected chi connectivity index (χ0v) is 21.2. The lowest BCUT2D eigenvalue weighted by atomic mass is 9.75. The van der Waals surface area contributed by atoms with Gasteiger partial charge in [-0.2, -0.15) is 0 Å². The number of rotatable bonds is 10. The number of Topliss-reactive ketones (excluding diaryl/α,β-unsaturated/α-hetero) is 1. The number of aromatic amines is 1. The van der Waals surface area contributed by atoms with Gasteiger partial charge < -0.3 is 15.6 Å². The van der Waals surface area contributed by atoms with Crippen LogP contribution in [0.2, 0.25) is 0 Å². The Hall–Kier alpha value is -2.89. The molecule has 0 bridgehead atoms. The molecule has 0 fully saturated rings. The number of carbonyl (C=O) groups excluding carboxylic acids is 3. The van der Waals surface area contributed by atoms with Crippen molar-refractivity contribution < 1.29 is 14.4 Å². The Morgan fingerprint density at radius 2 is 1.76 bits per heavy atom. The van der Waals surface area contributed by atoms with Crippen molar-refractivity contribution in [3.8, 4) is 0 Å². The number of fused-ring (bicyclic) bond motifs is 1. The summed E-state index contributed by atoms with van der Waals surface area (Å²) in [6.07, 6.45) is 5.00. The molecule has 1 heterocycles. The topological polar surface area (TPSA) is 91.1 Å². The lowest BCUT2D eigenvalue weighted by Crippen LogP contribution is -2.47. The second-order valence-corrected chi connectivity index (χ2v) is 10.3. The molecule has 6 heteroatoms. The minimum Gasteiger partial charge on any atom is -0.354 e. The van der Waals surface area contributed by atoms with Crippen LogP contribution in [-0.4, -0.2) is 28.6 Å². The molecule has 6 nitrogen and oxygen atoms in total. The van der Waals surface area contributed by atoms with Crippen molar-refractivity contribution in [1.29, 1.82) is 0 Å². The summed E-state index contributed by atoms with van der Waals surface area (Å²) in [6.45, 7) is 10.2. The lowest BCUT2D eigenvalue weighted by molar-refractivity contribution is -0.123. The largest absolute Gasteiger partial charge is 0.354 e. The Morgan fingerprint density at radius 3 is 2.41 bits per heavy atom. The molecule has 0 aliphatic heterocycles. The summed E-state index contributed by atoms with van der Waals surface area (Å²) in [5, 5.41) is 6.03. The molecule has 2 aromatic rings. The van der Waals surface area contributed by atoms with Crippen LogP contribution in [0.3, 0.4) is 0 Å². The zero-order valence-electron chi connectivity index (χ0n) is 21.2. The average molecular weight is 466 g/mol. The first-order valence-electron chi connectivity index (χ1n) is 12.6. The highest BCUT2D eigenvalue weighted by atomic mass is 16.2. The Bertz CT molecular complexity index is 1020. The van der Waals surface area contributed by atoms with E-state index in [1.807, 2.05) is 44.2 Å². The maximum Gasteiger partial charge on any atom is 0.268 e. The summed E-state index contributed by atoms with van der Waals surface area (Å²) in [6, 6.07) is 8.98. The normalized spacial score (nSPS) is 16.4. The van der Waals surface area contributed by atoms with Crippen molar-refractivity contribution in [3.63, 3.8) is 0 Å². The first-order valence-corrected chi connectivity index (χ1v) is 12.6. The molecule has 3 N–H and O–H groups in total. The van der Waals surface area contributed by atoms with E-state index in [2.05, 4.69) is 36.4 Å². The SMILES string of the molecule is CCCC[C@H](NC(=O)c1[nH]c2c(c1CCC)C(=O)CC(C)(C)C2)C(=O)N[C@@H](C)c1ccccc1. The van der Waals surface area contributed by atoms with Gasteiger partial charge in [-0.05, 0) is 42.7 Å². The van der Waals surface area contributed by atoms with Gasteiger partial charge in [0.05, 0.1) is 6.04 Å². The summed E-state index contributed by atoms with van der Waals surface area (Å²) in [7, 11) is 0. The minimum absolute atomic E-state index is 0.0990. The molecule has 0 saturated heterocycles. The third-order valence-corrected chi connectivity index (χ3v) is 6.61. The van der Waals surface area contributed by atoms with E-state index >= 15 is 0 Å². The first-order chi connectivity index (χ1) is 16.2. The molecule has 1 aromatic carbocycles. The van der Waals surface area contributed by atoms with Gasteiger partial charge in [-0.25, -0.2) is 0 Å². The highest BCUT2D eigenvalue weighted by molar-refractivity contribution is 6.05. The molecular formula is C28H39N3O3. The Balaban J connectivity index is 1.83. The number of carbonyl (C=O) groups is 3. The molecule has 34 heavy (non-hydrogen) atoms. The number of amides is 2. The van der Waals surface area contributed by atoms with Crippen LogP contribution < -0.4 is 10.6 Å². The van der Waals surface area contributed by atoms with Crippen LogP contribution in [-0.2, 0) is 17.6 Å². The first kappa shape index (κ1) is 25.7. The van der Waals surface area contributed by atoms with Gasteiger partial charge in [0, 0.05) is 17.7 Å². The van der Waals surface area contributed by atoms with E-state index in [0.717, 1.165) is 42.5 Å². The number of H-pyrrole nitrogens is 1. The van der Waals surface area contributed by atoms with Crippen LogP contribution in [0.1, 0.15) is 110 Å². The second-order valence-electron chi connectivity index (χ2n) is 10.3. The van der Waals surface area contributed by atoms with E-state index in [9.17, 15) is 14.4 Å². The minimum atomic E-state index is -0.638. The summed E-state index contributed by atoms with van der Waals surface area (Å²) < 4.78 is 0. The lowest BCUT2D eigenvalue weighted by Gasteiger charge is -2.28. The molecule has 0 saturated carbocycles. The zero-order chi connectivity index (χ0) is 24.9. The number of aromatic nitrogens is 1. The summed E-state index contributed by atoms with van der Waals surface area (Å²) in [5.74, 6) is -0.405. The van der Waals surface area contributed by atoms with Crippen molar-refractivity contribution in [2.45, 2.75) is 91.6 Å². The van der Waals surface area contributed by atoms with Crippen molar-refractivity contribution in [1.82, 2.24) is 15.6 Å². The van der Waals surface area contributed by atoms with Gasteiger partial charge in [0.2, 0.25) is 5.91 Å². The van der Waals surface area contributed by atoms with Gasteiger partial charge in [-0.3, -0.25) is 14.4 Å². The number of hydrogen-bond acceptors (Lipinski definition) is 3. The average Bonchev–Trinajstić information content (AvgIpc) is 3.14. The predicted octanol–water partition coefficient (Wildman–Crippen LogP) is 5.29. The third-order valence-electron chi connectivity index (χ3n) is 6.61. The molecule has 1 aliphatic carbocycles. The molecule has 1 aromatic heterocycles. The van der Waals surface area contributed by atoms with Crippen molar-refractivity contribution in [2.75, 3.05) is 0 Å². The fraction of sp³-hybridized carbons (Fsp3) is 0.536. The van der Waals surface area contributed by atoms with E-state index in [4.69, 9.17) is 0 Å². The monoisotopic (exact) mass is 465 g/mol. The molecule has 0 radical (unpaired) electrons. The number of unbranched alkanes of at least 4 members (excludes halogenated alkanes) is 1. The standard InChI is InChI=1S/C28H39N3O3/c1-6-8-15-21(26(33)29-18(3)19-13-10-9-11-14-19)31-27(34)25-20(12-7-2)24-22(30-25)16-28(4,5)17-23(24)32/h9-11,13-14,18,21,30H,6-8,12,15-17H2,1-5H3,(H,29,33)(H,31,34)/t18-,21-/m0/s1. The highest BCUT2D eigenvalue weighted by Crippen LogP contribution is 2.37. The predicted molar refractivity (Wildman–Crippen MR) is 135 cm³/mol. The Kier molecular flexibility index (Phi) is 8.34. The van der Waals surface area contributed by atoms with Gasteiger partial charge in [0.15, 0.2) is 5.78 Å². The van der Waals surface area contributed by atoms with E-state index in [1.165, 1.54) is 0 Å². The van der Waals surface area contributed by atoms with Gasteiger partial charge in [0.1, 0.15) is 11.7 Å². The number of benzene rings is 1. The Morgan fingerprint density at radius 1 is 1.06 bits per heavy atom. The maximum atomic E-state index is 13.4. The van der Waals surface area contributed by atoms with Gasteiger partial charge in [0.25, 0.3) is 5.91 Å². The van der Waals surface area contributed by atoms with Crippen LogP contribution in [0.5, 0.6) is 0 Å². The number of hydrogen-bond donors (Lipinski definition) is 3. The number of ketones is 1. The van der Waals surface area contributed by atoms with Crippen LogP contribution in [0, 0.1) is 5.41 Å². The molecule has 0 unspecified atom stereocenters. The van der Waals surface area contributed by atoms with Crippen LogP contribution >= 0.6 is 0 Å². The van der Waals surface area contributed by atoms with Gasteiger partial charge in [-0.15, -0.1) is 0 Å². The fourth-order valence-corrected chi connectivity index (χ4v) is 4.87. The molecule has 2 amide bonds. The molecule has 2 atom stereocenters. The quantitative estimate of drug-likeness (QED) is 0.445. The maximum absolute atomic E-state index is 13.4. The van der Waals surface area contributed by atoms with E-state index in [0.29, 0.717) is 30.5 Å². The van der Waals surface area contributed by atoms with Crippen molar-refractivity contribution in [3.05, 3.63) is 58.4 Å². The second kappa shape index (κ2) is 11.0. The van der Waals surface area contributed by atoms with Crippen molar-refractivity contribution in [2.24, 2.45) is 5.41 Å².